The molecule has 0 atom stereocenters. The van der Waals surface area contributed by atoms with Gasteiger partial charge >= 0.3 is 0 Å². The van der Waals surface area contributed by atoms with Crippen LogP contribution < -0.4 is 0 Å². The largest absolute Gasteiger partial charge is 0.359 e. The lowest BCUT2D eigenvalue weighted by Crippen LogP contribution is -2.32. The third-order valence-corrected chi connectivity index (χ3v) is 1.20. The fourth-order valence-corrected chi connectivity index (χ4v) is 0.727. The Hall–Kier alpha value is -0.160. The minimum absolute atomic E-state index is 0.0358. The Morgan fingerprint density at radius 2 is 2.10 bits per heavy atom. The van der Waals surface area contributed by atoms with E-state index in [1.165, 1.54) is 0 Å². The maximum absolute atomic E-state index is 5.16. The number of hydrogen-bond donors (Lipinski definition) is 0. The summed E-state index contributed by atoms with van der Waals surface area (Å²) in [5, 5.41) is 0. The normalized spacial score (nSPS) is 21.3. The standard InChI is InChI=1S/C6H12O4/c1-7-4-10-6-2-8-5-9-3-6/h6H,2-5H2,1H3. The van der Waals surface area contributed by atoms with Gasteiger partial charge in [-0.2, -0.15) is 0 Å². The van der Waals surface area contributed by atoms with E-state index in [1.807, 2.05) is 0 Å². The number of methoxy groups -OCH3 is 1. The zero-order valence-corrected chi connectivity index (χ0v) is 6.04. The maximum Gasteiger partial charge on any atom is 0.146 e. The molecule has 0 aromatic heterocycles. The molecule has 1 aliphatic heterocycles. The summed E-state index contributed by atoms with van der Waals surface area (Å²) in [6.45, 7) is 1.89. The van der Waals surface area contributed by atoms with Gasteiger partial charge in [-0.15, -0.1) is 0 Å². The van der Waals surface area contributed by atoms with E-state index < -0.39 is 0 Å². The highest BCUT2D eigenvalue weighted by Crippen LogP contribution is 2.00. The minimum Gasteiger partial charge on any atom is -0.359 e. The van der Waals surface area contributed by atoms with Crippen molar-refractivity contribution in [3.8, 4) is 0 Å². The number of rotatable bonds is 3. The summed E-state index contributed by atoms with van der Waals surface area (Å²) >= 11 is 0. The highest BCUT2D eigenvalue weighted by atomic mass is 16.7. The summed E-state index contributed by atoms with van der Waals surface area (Å²) in [6.07, 6.45) is 0.0358. The molecule has 4 nitrogen and oxygen atoms in total. The van der Waals surface area contributed by atoms with Crippen LogP contribution in [0.15, 0.2) is 0 Å². The van der Waals surface area contributed by atoms with Gasteiger partial charge in [0.05, 0.1) is 13.2 Å². The monoisotopic (exact) mass is 148 g/mol. The van der Waals surface area contributed by atoms with Crippen LogP contribution in [0.3, 0.4) is 0 Å². The van der Waals surface area contributed by atoms with E-state index in [-0.39, 0.29) is 6.10 Å². The van der Waals surface area contributed by atoms with Gasteiger partial charge in [-0.3, -0.25) is 0 Å². The van der Waals surface area contributed by atoms with E-state index in [9.17, 15) is 0 Å². The molecule has 1 rings (SSSR count). The van der Waals surface area contributed by atoms with E-state index in [2.05, 4.69) is 0 Å². The van der Waals surface area contributed by atoms with E-state index in [4.69, 9.17) is 18.9 Å². The number of hydrogen-bond acceptors (Lipinski definition) is 4. The molecule has 0 amide bonds. The fourth-order valence-electron chi connectivity index (χ4n) is 0.727. The number of ether oxygens (including phenoxy) is 4. The average Bonchev–Trinajstić information content (AvgIpc) is 2.03. The summed E-state index contributed by atoms with van der Waals surface area (Å²) in [5.41, 5.74) is 0. The molecule has 0 radical (unpaired) electrons. The van der Waals surface area contributed by atoms with Crippen LogP contribution in [0.4, 0.5) is 0 Å². The summed E-state index contributed by atoms with van der Waals surface area (Å²) in [6, 6.07) is 0. The molecule has 1 fully saturated rings. The summed E-state index contributed by atoms with van der Waals surface area (Å²) in [4.78, 5) is 0. The van der Waals surface area contributed by atoms with Gasteiger partial charge < -0.3 is 18.9 Å². The Morgan fingerprint density at radius 3 is 2.70 bits per heavy atom. The van der Waals surface area contributed by atoms with Crippen molar-refractivity contribution in [3.05, 3.63) is 0 Å². The van der Waals surface area contributed by atoms with Crippen LogP contribution in [0.25, 0.3) is 0 Å². The highest BCUT2D eigenvalue weighted by Gasteiger charge is 2.13. The maximum atomic E-state index is 5.16. The molecule has 4 heteroatoms. The van der Waals surface area contributed by atoms with Crippen molar-refractivity contribution in [1.29, 1.82) is 0 Å². The van der Waals surface area contributed by atoms with Crippen LogP contribution >= 0.6 is 0 Å². The predicted octanol–water partition coefficient (Wildman–Crippen LogP) is -0.0202. The Kier molecular flexibility index (Phi) is 3.67. The van der Waals surface area contributed by atoms with Gasteiger partial charge in [-0.05, 0) is 0 Å². The van der Waals surface area contributed by atoms with Crippen LogP contribution in [0.2, 0.25) is 0 Å². The zero-order chi connectivity index (χ0) is 7.23. The summed E-state index contributed by atoms with van der Waals surface area (Å²) < 4.78 is 19.8. The van der Waals surface area contributed by atoms with Crippen molar-refractivity contribution in [2.75, 3.05) is 33.9 Å². The molecule has 0 N–H and O–H groups in total. The van der Waals surface area contributed by atoms with Gasteiger partial charge in [-0.1, -0.05) is 0 Å². The molecule has 1 saturated heterocycles. The van der Waals surface area contributed by atoms with Crippen LogP contribution in [-0.4, -0.2) is 40.0 Å². The lowest BCUT2D eigenvalue weighted by molar-refractivity contribution is -0.190. The minimum atomic E-state index is 0.0358. The van der Waals surface area contributed by atoms with E-state index in [1.54, 1.807) is 7.11 Å². The molecular weight excluding hydrogens is 136 g/mol. The second-order valence-electron chi connectivity index (χ2n) is 2.05. The summed E-state index contributed by atoms with van der Waals surface area (Å²) in [7, 11) is 1.59. The SMILES string of the molecule is COCOC1COCOC1. The van der Waals surface area contributed by atoms with Crippen molar-refractivity contribution in [2.24, 2.45) is 0 Å². The van der Waals surface area contributed by atoms with E-state index in [0.29, 0.717) is 26.8 Å². The Labute approximate surface area is 60.0 Å². The molecule has 0 aromatic carbocycles. The van der Waals surface area contributed by atoms with E-state index >= 15 is 0 Å². The second-order valence-corrected chi connectivity index (χ2v) is 2.05. The fraction of sp³-hybridized carbons (Fsp3) is 1.00. The molecule has 0 aromatic rings. The van der Waals surface area contributed by atoms with Crippen LogP contribution in [0.5, 0.6) is 0 Å². The van der Waals surface area contributed by atoms with E-state index in [0.717, 1.165) is 0 Å². The molecule has 10 heavy (non-hydrogen) atoms. The van der Waals surface area contributed by atoms with Crippen molar-refractivity contribution in [1.82, 2.24) is 0 Å². The molecular formula is C6H12O4. The third kappa shape index (κ3) is 2.62. The molecule has 1 aliphatic rings. The van der Waals surface area contributed by atoms with Crippen LogP contribution in [0, 0.1) is 0 Å². The molecule has 60 valence electrons. The van der Waals surface area contributed by atoms with Crippen molar-refractivity contribution >= 4 is 0 Å². The van der Waals surface area contributed by atoms with Crippen molar-refractivity contribution < 1.29 is 18.9 Å². The lowest BCUT2D eigenvalue weighted by Gasteiger charge is -2.21. The Bertz CT molecular complexity index is 79.8. The predicted molar refractivity (Wildman–Crippen MR) is 33.5 cm³/mol. The van der Waals surface area contributed by atoms with Gasteiger partial charge in [0.2, 0.25) is 0 Å². The third-order valence-electron chi connectivity index (χ3n) is 1.20. The van der Waals surface area contributed by atoms with Gasteiger partial charge in [0.25, 0.3) is 0 Å². The molecule has 0 saturated carbocycles. The Morgan fingerprint density at radius 1 is 1.40 bits per heavy atom. The first kappa shape index (κ1) is 7.94. The van der Waals surface area contributed by atoms with Gasteiger partial charge in [0, 0.05) is 7.11 Å². The Balaban J connectivity index is 2.02. The van der Waals surface area contributed by atoms with Crippen LogP contribution in [0.1, 0.15) is 0 Å². The second kappa shape index (κ2) is 4.62. The van der Waals surface area contributed by atoms with Gasteiger partial charge in [-0.25, -0.2) is 0 Å². The molecule has 0 unspecified atom stereocenters. The molecule has 0 aliphatic carbocycles. The molecule has 0 spiro atoms. The quantitative estimate of drug-likeness (QED) is 0.527. The summed E-state index contributed by atoms with van der Waals surface area (Å²) in [5.74, 6) is 0. The average molecular weight is 148 g/mol. The van der Waals surface area contributed by atoms with Gasteiger partial charge in [0.1, 0.15) is 19.7 Å². The zero-order valence-electron chi connectivity index (χ0n) is 6.04. The lowest BCUT2D eigenvalue weighted by atomic mass is 10.4. The van der Waals surface area contributed by atoms with Crippen molar-refractivity contribution in [2.45, 2.75) is 6.10 Å². The first-order valence-corrected chi connectivity index (χ1v) is 3.19. The molecule has 0 bridgehead atoms. The van der Waals surface area contributed by atoms with Crippen molar-refractivity contribution in [3.63, 3.8) is 0 Å². The molecule has 1 heterocycles. The smallest absolute Gasteiger partial charge is 0.146 e. The highest BCUT2D eigenvalue weighted by molar-refractivity contribution is 4.55. The first-order valence-electron chi connectivity index (χ1n) is 3.19. The van der Waals surface area contributed by atoms with Crippen LogP contribution in [-0.2, 0) is 18.9 Å². The van der Waals surface area contributed by atoms with Gasteiger partial charge in [0.15, 0.2) is 0 Å². The first-order chi connectivity index (χ1) is 4.93. The topological polar surface area (TPSA) is 36.9 Å².